The van der Waals surface area contributed by atoms with Crippen molar-refractivity contribution in [3.8, 4) is 5.75 Å². The number of nitrogens with one attached hydrogen (secondary N) is 1. The number of benzene rings is 2. The van der Waals surface area contributed by atoms with E-state index in [2.05, 4.69) is 10.5 Å². The largest absolute Gasteiger partial charge is 0.493 e. The van der Waals surface area contributed by atoms with Crippen LogP contribution in [-0.4, -0.2) is 34.6 Å². The first-order valence-electron chi connectivity index (χ1n) is 9.33. The predicted molar refractivity (Wildman–Crippen MR) is 116 cm³/mol. The van der Waals surface area contributed by atoms with Crippen LogP contribution in [0.3, 0.4) is 0 Å². The molecule has 0 saturated heterocycles. The van der Waals surface area contributed by atoms with Gasteiger partial charge in [-0.05, 0) is 12.1 Å². The number of hydrazone groups is 1. The molecule has 3 N–H and O–H groups in total. The molecule has 32 heavy (non-hydrogen) atoms. The van der Waals surface area contributed by atoms with Gasteiger partial charge in [0.1, 0.15) is 6.54 Å². The van der Waals surface area contributed by atoms with E-state index >= 15 is 0 Å². The van der Waals surface area contributed by atoms with Crippen LogP contribution in [0.15, 0.2) is 58.2 Å². The molecule has 0 aliphatic heterocycles. The number of primary amides is 1. The smallest absolute Gasteiger partial charge is 0.307 e. The van der Waals surface area contributed by atoms with Crippen LogP contribution in [0.2, 0.25) is 0 Å². The predicted octanol–water partition coefficient (Wildman–Crippen LogP) is 2.55. The molecule has 2 aromatic heterocycles. The first kappa shape index (κ1) is 20.6. The van der Waals surface area contributed by atoms with Gasteiger partial charge >= 0.3 is 5.91 Å². The van der Waals surface area contributed by atoms with E-state index in [0.29, 0.717) is 10.9 Å². The molecule has 0 unspecified atom stereocenters. The first-order chi connectivity index (χ1) is 15.4. The fourth-order valence-corrected chi connectivity index (χ4v) is 3.37. The van der Waals surface area contributed by atoms with Crippen molar-refractivity contribution < 1.29 is 23.7 Å². The quantitative estimate of drug-likeness (QED) is 0.258. The van der Waals surface area contributed by atoms with E-state index in [4.69, 9.17) is 14.9 Å². The van der Waals surface area contributed by atoms with Gasteiger partial charge in [0, 0.05) is 34.1 Å². The molecule has 4 rings (SSSR count). The number of hydrogen-bond acceptors (Lipinski definition) is 7. The highest BCUT2D eigenvalue weighted by molar-refractivity contribution is 6.01. The molecule has 0 spiro atoms. The van der Waals surface area contributed by atoms with E-state index < -0.39 is 16.7 Å². The van der Waals surface area contributed by atoms with Crippen LogP contribution in [0.4, 0.5) is 5.69 Å². The lowest BCUT2D eigenvalue weighted by molar-refractivity contribution is -0.384. The molecule has 0 aliphatic carbocycles. The zero-order chi connectivity index (χ0) is 22.8. The van der Waals surface area contributed by atoms with Crippen molar-refractivity contribution in [2.75, 3.05) is 7.11 Å². The lowest BCUT2D eigenvalue weighted by atomic mass is 10.2. The van der Waals surface area contributed by atoms with Gasteiger partial charge in [-0.25, -0.2) is 5.43 Å². The molecule has 0 radical (unpaired) electrons. The van der Waals surface area contributed by atoms with Gasteiger partial charge in [-0.1, -0.05) is 18.2 Å². The monoisotopic (exact) mass is 435 g/mol. The third kappa shape index (κ3) is 3.86. The Labute approximate surface area is 180 Å². The number of aromatic nitrogens is 1. The number of hydrogen-bond donors (Lipinski definition) is 2. The SMILES string of the molecule is COc1cc([N+](=O)[O-])cc2cc(C(=O)NN=Cc3cn(CC(N)=O)c4ccccc34)oc12. The highest BCUT2D eigenvalue weighted by Crippen LogP contribution is 2.33. The van der Waals surface area contributed by atoms with E-state index in [-0.39, 0.29) is 29.3 Å². The molecule has 0 fully saturated rings. The number of nitrogens with zero attached hydrogens (tertiary/aromatic N) is 3. The van der Waals surface area contributed by atoms with Crippen molar-refractivity contribution in [3.05, 3.63) is 70.1 Å². The number of nitro groups is 1. The van der Waals surface area contributed by atoms with Gasteiger partial charge in [-0.2, -0.15) is 5.10 Å². The average Bonchev–Trinajstić information content (AvgIpc) is 3.35. The Morgan fingerprint density at radius 2 is 2.09 bits per heavy atom. The number of nitrogens with two attached hydrogens (primary N) is 1. The van der Waals surface area contributed by atoms with Crippen LogP contribution in [0.5, 0.6) is 5.75 Å². The lowest BCUT2D eigenvalue weighted by Crippen LogP contribution is -2.18. The summed E-state index contributed by atoms with van der Waals surface area (Å²) in [5, 5.41) is 16.2. The number of rotatable bonds is 7. The maximum atomic E-state index is 12.5. The van der Waals surface area contributed by atoms with Crippen LogP contribution in [0.1, 0.15) is 16.1 Å². The Hall–Kier alpha value is -4.67. The number of methoxy groups -OCH3 is 1. The van der Waals surface area contributed by atoms with Crippen molar-refractivity contribution in [2.45, 2.75) is 6.54 Å². The third-order valence-corrected chi connectivity index (χ3v) is 4.74. The number of fused-ring (bicyclic) bond motifs is 2. The van der Waals surface area contributed by atoms with Gasteiger partial charge in [-0.15, -0.1) is 0 Å². The fourth-order valence-electron chi connectivity index (χ4n) is 3.37. The second-order valence-electron chi connectivity index (χ2n) is 6.83. The van der Waals surface area contributed by atoms with E-state index in [1.165, 1.54) is 31.5 Å². The van der Waals surface area contributed by atoms with E-state index in [1.54, 1.807) is 10.8 Å². The number of non-ortho nitro benzene ring substituents is 1. The molecule has 11 nitrogen and oxygen atoms in total. The number of ether oxygens (including phenoxy) is 1. The minimum Gasteiger partial charge on any atom is -0.493 e. The second-order valence-corrected chi connectivity index (χ2v) is 6.83. The number of para-hydroxylation sites is 1. The van der Waals surface area contributed by atoms with Gasteiger partial charge in [0.2, 0.25) is 5.91 Å². The van der Waals surface area contributed by atoms with Crippen molar-refractivity contribution >= 4 is 45.6 Å². The van der Waals surface area contributed by atoms with Gasteiger partial charge in [0.25, 0.3) is 5.69 Å². The van der Waals surface area contributed by atoms with Crippen LogP contribution >= 0.6 is 0 Å². The Bertz CT molecular complexity index is 1400. The van der Waals surface area contributed by atoms with Gasteiger partial charge in [-0.3, -0.25) is 19.7 Å². The summed E-state index contributed by atoms with van der Waals surface area (Å²) < 4.78 is 12.3. The minimum atomic E-state index is -0.650. The molecule has 2 aromatic carbocycles. The molecule has 2 amide bonds. The summed E-state index contributed by atoms with van der Waals surface area (Å²) in [6.07, 6.45) is 3.14. The standard InChI is InChI=1S/C21H17N5O6/c1-31-17-8-14(26(29)30)6-12-7-18(32-20(12)17)21(28)24-23-9-13-10-25(11-19(22)27)16-5-3-2-4-15(13)16/h2-10H,11H2,1H3,(H2,22,27)(H,24,28). The third-order valence-electron chi connectivity index (χ3n) is 4.74. The number of amides is 2. The van der Waals surface area contributed by atoms with E-state index in [0.717, 1.165) is 10.9 Å². The van der Waals surface area contributed by atoms with Crippen LogP contribution in [-0.2, 0) is 11.3 Å². The molecular weight excluding hydrogens is 418 g/mol. The van der Waals surface area contributed by atoms with Crippen LogP contribution < -0.4 is 15.9 Å². The summed E-state index contributed by atoms with van der Waals surface area (Å²) in [5.41, 5.74) is 9.15. The van der Waals surface area contributed by atoms with E-state index in [9.17, 15) is 19.7 Å². The van der Waals surface area contributed by atoms with Crippen molar-refractivity contribution in [1.29, 1.82) is 0 Å². The highest BCUT2D eigenvalue weighted by Gasteiger charge is 2.19. The summed E-state index contributed by atoms with van der Waals surface area (Å²) in [5.74, 6) is -1.09. The topological polar surface area (TPSA) is 155 Å². The summed E-state index contributed by atoms with van der Waals surface area (Å²) in [4.78, 5) is 34.3. The fraction of sp³-hybridized carbons (Fsp3) is 0.0952. The van der Waals surface area contributed by atoms with E-state index in [1.807, 2.05) is 24.3 Å². The molecule has 162 valence electrons. The maximum absolute atomic E-state index is 12.5. The normalized spacial score (nSPS) is 11.3. The Morgan fingerprint density at radius 1 is 1.31 bits per heavy atom. The first-order valence-corrected chi connectivity index (χ1v) is 9.33. The number of carbonyl (C=O) groups excluding carboxylic acids is 2. The summed E-state index contributed by atoms with van der Waals surface area (Å²) in [6.45, 7) is 0.00761. The molecule has 11 heteroatoms. The summed E-state index contributed by atoms with van der Waals surface area (Å²) >= 11 is 0. The molecule has 0 saturated carbocycles. The molecule has 0 aliphatic rings. The zero-order valence-electron chi connectivity index (χ0n) is 16.8. The van der Waals surface area contributed by atoms with Crippen molar-refractivity contribution in [2.24, 2.45) is 10.8 Å². The molecule has 0 atom stereocenters. The number of carbonyl (C=O) groups is 2. The highest BCUT2D eigenvalue weighted by atomic mass is 16.6. The summed E-state index contributed by atoms with van der Waals surface area (Å²) in [6, 6.07) is 11.2. The Morgan fingerprint density at radius 3 is 2.81 bits per heavy atom. The summed E-state index contributed by atoms with van der Waals surface area (Å²) in [7, 11) is 1.35. The average molecular weight is 435 g/mol. The maximum Gasteiger partial charge on any atom is 0.307 e. The van der Waals surface area contributed by atoms with Crippen molar-refractivity contribution in [1.82, 2.24) is 9.99 Å². The van der Waals surface area contributed by atoms with Gasteiger partial charge in [0.05, 0.1) is 24.3 Å². The van der Waals surface area contributed by atoms with Gasteiger partial charge < -0.3 is 19.5 Å². The molecule has 4 aromatic rings. The Balaban J connectivity index is 1.58. The minimum absolute atomic E-state index is 0.00761. The zero-order valence-corrected chi connectivity index (χ0v) is 16.8. The van der Waals surface area contributed by atoms with Crippen LogP contribution in [0, 0.1) is 10.1 Å². The lowest BCUT2D eigenvalue weighted by Gasteiger charge is -2.00. The number of nitro benzene ring substituents is 1. The number of furan rings is 1. The van der Waals surface area contributed by atoms with Crippen molar-refractivity contribution in [3.63, 3.8) is 0 Å². The molecule has 0 bridgehead atoms. The molecular formula is C21H17N5O6. The van der Waals surface area contributed by atoms with Crippen LogP contribution in [0.25, 0.3) is 21.9 Å². The second kappa shape index (κ2) is 8.22. The Kier molecular flexibility index (Phi) is 5.29. The molecule has 2 heterocycles. The van der Waals surface area contributed by atoms with Gasteiger partial charge in [0.15, 0.2) is 17.1 Å².